The summed E-state index contributed by atoms with van der Waals surface area (Å²) in [4.78, 5) is 38.1. The predicted molar refractivity (Wildman–Crippen MR) is 297 cm³/mol. The third-order valence-corrected chi connectivity index (χ3v) is 11.3. The Morgan fingerprint density at radius 1 is 0.319 bits per heavy atom. The zero-order valence-electron chi connectivity index (χ0n) is 44.3. The normalized spacial score (nSPS) is 13.1. The van der Waals surface area contributed by atoms with Crippen LogP contribution in [0, 0.1) is 0 Å². The Kier molecular flexibility index (Phi) is 52.5. The van der Waals surface area contributed by atoms with Crippen molar-refractivity contribution in [2.24, 2.45) is 0 Å². The van der Waals surface area contributed by atoms with Gasteiger partial charge in [0.05, 0.1) is 0 Å². The van der Waals surface area contributed by atoms with Crippen molar-refractivity contribution in [2.75, 3.05) is 13.2 Å². The van der Waals surface area contributed by atoms with Gasteiger partial charge in [-0.1, -0.05) is 244 Å². The minimum absolute atomic E-state index is 0.114. The molecular formula is C63H100O6. The van der Waals surface area contributed by atoms with Crippen LogP contribution < -0.4 is 0 Å². The lowest BCUT2D eigenvalue weighted by Gasteiger charge is -2.18. The molecule has 6 heteroatoms. The number of carbonyl (C=O) groups excluding carboxylic acids is 3. The Morgan fingerprint density at radius 2 is 0.652 bits per heavy atom. The molecule has 0 heterocycles. The van der Waals surface area contributed by atoms with Crippen molar-refractivity contribution >= 4 is 17.9 Å². The number of carbonyl (C=O) groups is 3. The minimum atomic E-state index is -0.820. The highest BCUT2D eigenvalue weighted by atomic mass is 16.6. The van der Waals surface area contributed by atoms with Gasteiger partial charge in [0.2, 0.25) is 0 Å². The summed E-state index contributed by atoms with van der Waals surface area (Å²) in [6, 6.07) is 0. The first-order chi connectivity index (χ1) is 34.0. The molecule has 0 rings (SSSR count). The number of ether oxygens (including phenoxy) is 3. The third-order valence-electron chi connectivity index (χ3n) is 11.3. The quantitative estimate of drug-likeness (QED) is 0.0199. The third kappa shape index (κ3) is 54.4. The monoisotopic (exact) mass is 953 g/mol. The molecule has 0 aliphatic heterocycles. The molecule has 388 valence electrons. The molecule has 0 aromatic carbocycles. The van der Waals surface area contributed by atoms with Crippen LogP contribution in [0.3, 0.4) is 0 Å². The van der Waals surface area contributed by atoms with E-state index in [-0.39, 0.29) is 37.5 Å². The minimum Gasteiger partial charge on any atom is -0.462 e. The van der Waals surface area contributed by atoms with Crippen LogP contribution in [0.2, 0.25) is 0 Å². The first-order valence-corrected chi connectivity index (χ1v) is 27.8. The first-order valence-electron chi connectivity index (χ1n) is 27.8. The second-order valence-electron chi connectivity index (χ2n) is 17.9. The van der Waals surface area contributed by atoms with Crippen LogP contribution in [0.15, 0.2) is 134 Å². The summed E-state index contributed by atoms with van der Waals surface area (Å²) in [5.41, 5.74) is 0. The van der Waals surface area contributed by atoms with Crippen LogP contribution in [0.4, 0.5) is 0 Å². The number of allylic oxidation sites excluding steroid dienone is 22. The van der Waals surface area contributed by atoms with E-state index in [1.165, 1.54) is 89.9 Å². The smallest absolute Gasteiger partial charge is 0.306 e. The number of hydrogen-bond donors (Lipinski definition) is 0. The fourth-order valence-corrected chi connectivity index (χ4v) is 7.16. The van der Waals surface area contributed by atoms with E-state index in [9.17, 15) is 14.4 Å². The highest BCUT2D eigenvalue weighted by Crippen LogP contribution is 2.14. The Labute approximate surface area is 424 Å². The zero-order valence-corrected chi connectivity index (χ0v) is 44.3. The van der Waals surface area contributed by atoms with Gasteiger partial charge in [0.25, 0.3) is 0 Å². The molecule has 0 aromatic heterocycles. The van der Waals surface area contributed by atoms with Crippen LogP contribution >= 0.6 is 0 Å². The van der Waals surface area contributed by atoms with Crippen molar-refractivity contribution in [1.29, 1.82) is 0 Å². The van der Waals surface area contributed by atoms with E-state index < -0.39 is 6.10 Å². The molecule has 0 N–H and O–H groups in total. The fraction of sp³-hybridized carbons (Fsp3) is 0.603. The number of hydrogen-bond acceptors (Lipinski definition) is 6. The van der Waals surface area contributed by atoms with Crippen molar-refractivity contribution in [3.63, 3.8) is 0 Å². The van der Waals surface area contributed by atoms with Crippen molar-refractivity contribution in [3.8, 4) is 0 Å². The van der Waals surface area contributed by atoms with Crippen LogP contribution in [-0.2, 0) is 28.6 Å². The van der Waals surface area contributed by atoms with Gasteiger partial charge in [-0.25, -0.2) is 0 Å². The zero-order chi connectivity index (χ0) is 50.0. The second kappa shape index (κ2) is 56.1. The highest BCUT2D eigenvalue weighted by molar-refractivity contribution is 5.71. The Bertz CT molecular complexity index is 1510. The van der Waals surface area contributed by atoms with Crippen LogP contribution in [0.25, 0.3) is 0 Å². The molecule has 0 radical (unpaired) electrons. The molecule has 0 fully saturated rings. The molecule has 1 unspecified atom stereocenters. The number of rotatable bonds is 48. The second-order valence-corrected chi connectivity index (χ2v) is 17.9. The SMILES string of the molecule is CC/C=C/C=C/C=C/C=C/C=C/CCCC(=O)OCC(COC(=O)CCCCCCCC/C=C/C/C=C/C/C=C/C/C=C/CC)OC(=O)CCCCCCCCCCCC/C=C/C=C/CCCCC. The molecule has 0 bridgehead atoms. The lowest BCUT2D eigenvalue weighted by atomic mass is 10.1. The molecule has 69 heavy (non-hydrogen) atoms. The van der Waals surface area contributed by atoms with Gasteiger partial charge >= 0.3 is 17.9 Å². The van der Waals surface area contributed by atoms with Crippen molar-refractivity contribution in [3.05, 3.63) is 134 Å². The molecule has 1 atom stereocenters. The van der Waals surface area contributed by atoms with E-state index in [2.05, 4.69) is 99.8 Å². The summed E-state index contributed by atoms with van der Waals surface area (Å²) in [7, 11) is 0. The summed E-state index contributed by atoms with van der Waals surface area (Å²) in [6.45, 7) is 6.27. The van der Waals surface area contributed by atoms with E-state index in [0.29, 0.717) is 19.3 Å². The Balaban J connectivity index is 4.49. The molecule has 0 amide bonds. The summed E-state index contributed by atoms with van der Waals surface area (Å²) >= 11 is 0. The average molecular weight is 953 g/mol. The van der Waals surface area contributed by atoms with Gasteiger partial charge in [0.1, 0.15) is 13.2 Å². The molecule has 0 saturated heterocycles. The van der Waals surface area contributed by atoms with Gasteiger partial charge < -0.3 is 14.2 Å². The van der Waals surface area contributed by atoms with Crippen molar-refractivity contribution in [2.45, 2.75) is 232 Å². The molecule has 6 nitrogen and oxygen atoms in total. The molecule has 0 aliphatic rings. The molecule has 0 saturated carbocycles. The summed E-state index contributed by atoms with van der Waals surface area (Å²) in [6.07, 6.45) is 78.7. The standard InChI is InChI=1S/C63H100O6/c1-4-7-10-13-16-19-22-25-27-29-31-33-35-38-41-44-47-50-53-56-62(65)68-59-60(58-67-61(64)55-52-49-46-43-40-37-24-21-18-15-12-9-6-3)69-63(66)57-54-51-48-45-42-39-36-34-32-30-28-26-23-20-17-14-11-8-5-2/h7,9-10,12,15-21,23-27,31,33,37,40,43,46,60H,4-6,8,11,13-14,22,28-30,32,34-36,38-39,41-42,44-45,47-59H2,1-3H3/b10-7+,12-9+,18-15+,19-16+,20-17+,24-21+,26-23+,27-25+,33-31+,40-37+,46-43+. The molecule has 0 aromatic rings. The number of esters is 3. The predicted octanol–water partition coefficient (Wildman–Crippen LogP) is 18.6. The lowest BCUT2D eigenvalue weighted by molar-refractivity contribution is -0.167. The summed E-state index contributed by atoms with van der Waals surface area (Å²) < 4.78 is 16.8. The van der Waals surface area contributed by atoms with Gasteiger partial charge in [-0.05, 0) is 96.3 Å². The highest BCUT2D eigenvalue weighted by Gasteiger charge is 2.19. The van der Waals surface area contributed by atoms with Crippen molar-refractivity contribution in [1.82, 2.24) is 0 Å². The fourth-order valence-electron chi connectivity index (χ4n) is 7.16. The van der Waals surface area contributed by atoms with E-state index in [0.717, 1.165) is 89.9 Å². The summed E-state index contributed by atoms with van der Waals surface area (Å²) in [5, 5.41) is 0. The Hall–Kier alpha value is -4.45. The van der Waals surface area contributed by atoms with Crippen LogP contribution in [-0.4, -0.2) is 37.2 Å². The maximum Gasteiger partial charge on any atom is 0.306 e. The van der Waals surface area contributed by atoms with Crippen LogP contribution in [0.5, 0.6) is 0 Å². The van der Waals surface area contributed by atoms with E-state index in [1.54, 1.807) is 0 Å². The van der Waals surface area contributed by atoms with Crippen LogP contribution in [0.1, 0.15) is 226 Å². The molecule has 0 spiro atoms. The maximum atomic E-state index is 12.9. The Morgan fingerprint density at radius 3 is 1.13 bits per heavy atom. The summed E-state index contributed by atoms with van der Waals surface area (Å²) in [5.74, 6) is -1.01. The molecular weight excluding hydrogens is 853 g/mol. The average Bonchev–Trinajstić information content (AvgIpc) is 3.35. The maximum absolute atomic E-state index is 12.9. The van der Waals surface area contributed by atoms with Gasteiger partial charge in [-0.15, -0.1) is 0 Å². The number of unbranched alkanes of at least 4 members (excludes halogenated alkanes) is 20. The van der Waals surface area contributed by atoms with Gasteiger partial charge in [-0.2, -0.15) is 0 Å². The van der Waals surface area contributed by atoms with E-state index in [1.807, 2.05) is 54.7 Å². The lowest BCUT2D eigenvalue weighted by Crippen LogP contribution is -2.30. The molecule has 0 aliphatic carbocycles. The van der Waals surface area contributed by atoms with Gasteiger partial charge in [0, 0.05) is 19.3 Å². The van der Waals surface area contributed by atoms with E-state index in [4.69, 9.17) is 14.2 Å². The van der Waals surface area contributed by atoms with Gasteiger partial charge in [-0.3, -0.25) is 14.4 Å². The van der Waals surface area contributed by atoms with Crippen molar-refractivity contribution < 1.29 is 28.6 Å². The van der Waals surface area contributed by atoms with E-state index >= 15 is 0 Å². The largest absolute Gasteiger partial charge is 0.462 e. The first kappa shape index (κ1) is 64.5. The topological polar surface area (TPSA) is 78.9 Å². The van der Waals surface area contributed by atoms with Gasteiger partial charge in [0.15, 0.2) is 6.10 Å².